The molecule has 4 amide bonds. The summed E-state index contributed by atoms with van der Waals surface area (Å²) in [6.07, 6.45) is 0. The number of halogens is 4. The molecule has 0 radical (unpaired) electrons. The van der Waals surface area contributed by atoms with Crippen LogP contribution in [0, 0.1) is 5.41 Å². The fourth-order valence-electron chi connectivity index (χ4n) is 1.64. The van der Waals surface area contributed by atoms with Gasteiger partial charge >= 0.3 is 23.6 Å². The van der Waals surface area contributed by atoms with Crippen LogP contribution in [-0.4, -0.2) is 61.6 Å². The second kappa shape index (κ2) is 10.3. The smallest absolute Gasteiger partial charge is 0.289 e. The number of carbonyl (C=O) groups is 6. The Morgan fingerprint density at radius 3 is 1.31 bits per heavy atom. The number of ketones is 2. The minimum absolute atomic E-state index is 0.0691. The summed E-state index contributed by atoms with van der Waals surface area (Å²) in [5.41, 5.74) is -1.14. The Balaban J connectivity index is 3.60. The van der Waals surface area contributed by atoms with E-state index < -0.39 is 58.5 Å². The number of Topliss-reactive ketones (excluding diaryl/α,β-unsaturated/α-hetero) is 2. The highest BCUT2D eigenvalue weighted by atomic mass is 35.5. The van der Waals surface area contributed by atoms with Gasteiger partial charge in [0.25, 0.3) is 17.8 Å². The monoisotopic (exact) mass is 529 g/mol. The van der Waals surface area contributed by atoms with Crippen molar-refractivity contribution in [1.82, 2.24) is 19.4 Å². The van der Waals surface area contributed by atoms with Crippen molar-refractivity contribution in [3.8, 4) is 0 Å². The number of nitrogens with zero attached hydrogens (tertiary/aromatic N) is 7. The van der Waals surface area contributed by atoms with Gasteiger partial charge in [-0.25, -0.2) is 4.42 Å². The zero-order valence-corrected chi connectivity index (χ0v) is 20.1. The normalized spacial score (nSPS) is 10.8. The van der Waals surface area contributed by atoms with Crippen LogP contribution in [-0.2, 0) is 28.8 Å². The van der Waals surface area contributed by atoms with Gasteiger partial charge in [-0.2, -0.15) is 28.2 Å². The molecular formula is C15H15Cl4N7O6. The molecule has 0 aliphatic rings. The third-order valence-corrected chi connectivity index (χ3v) is 4.37. The van der Waals surface area contributed by atoms with Gasteiger partial charge in [0.15, 0.2) is 0 Å². The summed E-state index contributed by atoms with van der Waals surface area (Å²) >= 11 is 22.9. The SMILES string of the molecule is CC(=O)C(=O)N(Cl)c1nc(N(Cl)C(=O)C(=O)N(C)Cl)nc(N(Cl)C(=O)C(=O)C(C)(C)C)n1. The first kappa shape index (κ1) is 27.4. The number of hydrogen-bond acceptors (Lipinski definition) is 9. The zero-order chi connectivity index (χ0) is 25.1. The highest BCUT2D eigenvalue weighted by molar-refractivity contribution is 6.55. The standard InChI is InChI=1S/C15H15Cl4N7O6/c1-6(27)8(29)24(17)12-20-13(25(18)9(30)7(28)15(2,3)4)22-14(21-12)26(19)11(32)10(31)23(5)16/h1-5H3. The number of amides is 4. The van der Waals surface area contributed by atoms with E-state index in [-0.39, 0.29) is 13.3 Å². The molecule has 1 aromatic rings. The summed E-state index contributed by atoms with van der Waals surface area (Å²) in [5, 5.41) is 0. The van der Waals surface area contributed by atoms with E-state index >= 15 is 0 Å². The molecule has 1 aromatic heterocycles. The van der Waals surface area contributed by atoms with Gasteiger partial charge in [-0.1, -0.05) is 20.8 Å². The molecule has 32 heavy (non-hydrogen) atoms. The van der Waals surface area contributed by atoms with Crippen LogP contribution in [0.25, 0.3) is 0 Å². The van der Waals surface area contributed by atoms with Crippen molar-refractivity contribution in [2.75, 3.05) is 20.3 Å². The lowest BCUT2D eigenvalue weighted by molar-refractivity contribution is -0.140. The molecule has 0 bridgehead atoms. The van der Waals surface area contributed by atoms with Gasteiger partial charge in [-0.05, 0) is 0 Å². The summed E-state index contributed by atoms with van der Waals surface area (Å²) in [6, 6.07) is 0. The molecule has 13 nitrogen and oxygen atoms in total. The second-order valence-corrected chi connectivity index (χ2v) is 8.43. The van der Waals surface area contributed by atoms with Gasteiger partial charge in [0.05, 0.1) is 0 Å². The van der Waals surface area contributed by atoms with E-state index in [0.717, 1.165) is 14.0 Å². The Morgan fingerprint density at radius 1 is 0.656 bits per heavy atom. The zero-order valence-electron chi connectivity index (χ0n) is 17.1. The highest BCUT2D eigenvalue weighted by Gasteiger charge is 2.35. The van der Waals surface area contributed by atoms with E-state index in [2.05, 4.69) is 15.0 Å². The number of likely N-dealkylation sites (N-methyl/N-ethyl adjacent to an activating group) is 1. The fraction of sp³-hybridized carbons (Fsp3) is 0.400. The summed E-state index contributed by atoms with van der Waals surface area (Å²) < 4.78 is 0.741. The van der Waals surface area contributed by atoms with E-state index in [1.54, 1.807) is 0 Å². The van der Waals surface area contributed by atoms with Gasteiger partial charge in [-0.3, -0.25) is 28.8 Å². The molecule has 1 heterocycles. The van der Waals surface area contributed by atoms with Crippen LogP contribution in [0.5, 0.6) is 0 Å². The quantitative estimate of drug-likeness (QED) is 0.402. The van der Waals surface area contributed by atoms with E-state index in [1.807, 2.05) is 0 Å². The maximum absolute atomic E-state index is 12.4. The van der Waals surface area contributed by atoms with Gasteiger partial charge in [0, 0.05) is 66.5 Å². The van der Waals surface area contributed by atoms with Crippen LogP contribution in [0.4, 0.5) is 17.8 Å². The van der Waals surface area contributed by atoms with E-state index in [1.165, 1.54) is 20.8 Å². The summed E-state index contributed by atoms with van der Waals surface area (Å²) in [5.74, 6) is -9.78. The number of anilines is 3. The number of aromatic nitrogens is 3. The van der Waals surface area contributed by atoms with Crippen molar-refractivity contribution < 1.29 is 28.8 Å². The molecule has 0 atom stereocenters. The van der Waals surface area contributed by atoms with E-state index in [4.69, 9.17) is 47.1 Å². The first-order chi connectivity index (χ1) is 14.5. The van der Waals surface area contributed by atoms with E-state index in [9.17, 15) is 28.8 Å². The third-order valence-electron chi connectivity index (χ3n) is 3.30. The van der Waals surface area contributed by atoms with Gasteiger partial charge < -0.3 is 0 Å². The predicted octanol–water partition coefficient (Wildman–Crippen LogP) is 1.15. The maximum Gasteiger partial charge on any atom is 0.334 e. The lowest BCUT2D eigenvalue weighted by Gasteiger charge is -2.20. The van der Waals surface area contributed by atoms with Gasteiger partial charge in [-0.15, -0.1) is 0 Å². The summed E-state index contributed by atoms with van der Waals surface area (Å²) in [7, 11) is 1.04. The Labute approximate surface area is 201 Å². The Bertz CT molecular complexity index is 997. The number of hydrogen-bond donors (Lipinski definition) is 0. The average Bonchev–Trinajstić information content (AvgIpc) is 2.73. The topological polar surface area (TPSA) is 154 Å². The van der Waals surface area contributed by atoms with Crippen molar-refractivity contribution >= 4 is 100 Å². The average molecular weight is 531 g/mol. The maximum atomic E-state index is 12.4. The Hall–Kier alpha value is -2.61. The van der Waals surface area contributed by atoms with Crippen LogP contribution < -0.4 is 13.3 Å². The first-order valence-electron chi connectivity index (χ1n) is 8.25. The molecule has 0 aliphatic heterocycles. The Morgan fingerprint density at radius 2 is 1.00 bits per heavy atom. The molecule has 0 aromatic carbocycles. The molecule has 17 heteroatoms. The van der Waals surface area contributed by atoms with Crippen molar-refractivity contribution in [3.63, 3.8) is 0 Å². The molecule has 0 spiro atoms. The summed E-state index contributed by atoms with van der Waals surface area (Å²) in [6.45, 7) is 5.23. The lowest BCUT2D eigenvalue weighted by atomic mass is 9.90. The number of carbonyl (C=O) groups excluding carboxylic acids is 6. The minimum atomic E-state index is -1.45. The predicted molar refractivity (Wildman–Crippen MR) is 114 cm³/mol. The molecular weight excluding hydrogens is 516 g/mol. The molecule has 1 rings (SSSR count). The molecule has 0 saturated heterocycles. The fourth-order valence-corrected chi connectivity index (χ4v) is 2.21. The molecule has 174 valence electrons. The minimum Gasteiger partial charge on any atom is -0.289 e. The van der Waals surface area contributed by atoms with Gasteiger partial charge in [0.1, 0.15) is 0 Å². The van der Waals surface area contributed by atoms with Crippen LogP contribution in [0.1, 0.15) is 27.7 Å². The number of rotatable bonds is 5. The Kier molecular flexibility index (Phi) is 8.86. The van der Waals surface area contributed by atoms with Crippen molar-refractivity contribution in [2.45, 2.75) is 27.7 Å². The molecule has 0 fully saturated rings. The van der Waals surface area contributed by atoms with Crippen molar-refractivity contribution in [3.05, 3.63) is 0 Å². The largest absolute Gasteiger partial charge is 0.334 e. The first-order valence-corrected chi connectivity index (χ1v) is 9.61. The van der Waals surface area contributed by atoms with Crippen LogP contribution in [0.3, 0.4) is 0 Å². The second-order valence-electron chi connectivity index (χ2n) is 6.91. The van der Waals surface area contributed by atoms with Crippen molar-refractivity contribution in [1.29, 1.82) is 0 Å². The van der Waals surface area contributed by atoms with Crippen molar-refractivity contribution in [2.24, 2.45) is 5.41 Å². The van der Waals surface area contributed by atoms with Crippen LogP contribution >= 0.6 is 47.1 Å². The third kappa shape index (κ3) is 6.22. The molecule has 0 N–H and O–H groups in total. The van der Waals surface area contributed by atoms with E-state index in [0.29, 0.717) is 4.42 Å². The van der Waals surface area contributed by atoms with Crippen LogP contribution in [0.15, 0.2) is 0 Å². The molecule has 0 saturated carbocycles. The molecule has 0 aliphatic carbocycles. The molecule has 0 unspecified atom stereocenters. The highest BCUT2D eigenvalue weighted by Crippen LogP contribution is 2.25. The lowest BCUT2D eigenvalue weighted by Crippen LogP contribution is -2.39. The van der Waals surface area contributed by atoms with Gasteiger partial charge in [0.2, 0.25) is 11.6 Å². The summed E-state index contributed by atoms with van der Waals surface area (Å²) in [4.78, 5) is 82.7. The van der Waals surface area contributed by atoms with Crippen LogP contribution in [0.2, 0.25) is 0 Å².